The van der Waals surface area contributed by atoms with Gasteiger partial charge in [0.2, 0.25) is 0 Å². The lowest BCUT2D eigenvalue weighted by Crippen LogP contribution is -2.20. The van der Waals surface area contributed by atoms with E-state index >= 15 is 0 Å². The van der Waals surface area contributed by atoms with E-state index in [1.807, 2.05) is 31.3 Å². The van der Waals surface area contributed by atoms with E-state index in [2.05, 4.69) is 20.8 Å². The standard InChI is InChI=1S/C23H28N7O3P/c1-25-19-11-18(21(23(24)31)28-27-19)26-16-6-4-5-15(22(16)33-3)17-12-20(30(2)29-17)34(32,13-7-8-13)14-9-10-14/h4-6,11-14H,7-10H2,1-3H3,(H2,24,31)(H2,25,26,27). The number of hydrogen-bond donors (Lipinski definition) is 3. The molecule has 0 saturated heterocycles. The van der Waals surface area contributed by atoms with E-state index in [9.17, 15) is 9.36 Å². The average molecular weight is 481 g/mol. The van der Waals surface area contributed by atoms with Crippen molar-refractivity contribution in [1.82, 2.24) is 20.0 Å². The molecule has 0 aliphatic heterocycles. The number of primary amides is 1. The van der Waals surface area contributed by atoms with Gasteiger partial charge in [0.1, 0.15) is 7.14 Å². The minimum Gasteiger partial charge on any atom is -0.494 e. The predicted molar refractivity (Wildman–Crippen MR) is 132 cm³/mol. The van der Waals surface area contributed by atoms with Gasteiger partial charge in [-0.25, -0.2) is 0 Å². The summed E-state index contributed by atoms with van der Waals surface area (Å²) in [4.78, 5) is 11.9. The van der Waals surface area contributed by atoms with Crippen molar-refractivity contribution < 1.29 is 14.1 Å². The lowest BCUT2D eigenvalue weighted by atomic mass is 10.1. The quantitative estimate of drug-likeness (QED) is 0.397. The molecular formula is C23H28N7O3P. The van der Waals surface area contributed by atoms with Crippen molar-refractivity contribution in [2.24, 2.45) is 12.8 Å². The van der Waals surface area contributed by atoms with E-state index in [0.29, 0.717) is 40.0 Å². The van der Waals surface area contributed by atoms with Gasteiger partial charge in [0.25, 0.3) is 5.91 Å². The number of aryl methyl sites for hydroxylation is 1. The van der Waals surface area contributed by atoms with Crippen molar-refractivity contribution in [1.29, 1.82) is 0 Å². The number of carbonyl (C=O) groups is 1. The van der Waals surface area contributed by atoms with E-state index in [4.69, 9.17) is 15.6 Å². The van der Waals surface area contributed by atoms with Gasteiger partial charge >= 0.3 is 0 Å². The maximum absolute atomic E-state index is 14.1. The maximum atomic E-state index is 14.1. The number of carbonyl (C=O) groups excluding carboxylic acids is 1. The van der Waals surface area contributed by atoms with Crippen molar-refractivity contribution in [2.45, 2.75) is 37.0 Å². The van der Waals surface area contributed by atoms with E-state index in [1.54, 1.807) is 24.9 Å². The van der Waals surface area contributed by atoms with Crippen LogP contribution in [0, 0.1) is 0 Å². The summed E-state index contributed by atoms with van der Waals surface area (Å²) in [6.07, 6.45) is 4.14. The van der Waals surface area contributed by atoms with Crippen molar-refractivity contribution in [2.75, 3.05) is 24.8 Å². The third-order valence-corrected chi connectivity index (χ3v) is 10.8. The van der Waals surface area contributed by atoms with Crippen molar-refractivity contribution in [3.05, 3.63) is 36.0 Å². The zero-order chi connectivity index (χ0) is 24.0. The Labute approximate surface area is 197 Å². The van der Waals surface area contributed by atoms with Crippen LogP contribution in [0.4, 0.5) is 17.2 Å². The Morgan fingerprint density at radius 3 is 2.44 bits per heavy atom. The number of hydrogen-bond acceptors (Lipinski definition) is 8. The molecule has 11 heteroatoms. The second-order valence-corrected chi connectivity index (χ2v) is 12.1. The van der Waals surface area contributed by atoms with Crippen LogP contribution in [0.25, 0.3) is 11.3 Å². The molecule has 2 aromatic heterocycles. The van der Waals surface area contributed by atoms with Crippen LogP contribution < -0.4 is 26.5 Å². The Morgan fingerprint density at radius 1 is 1.15 bits per heavy atom. The predicted octanol–water partition coefficient (Wildman–Crippen LogP) is 3.08. The molecule has 0 spiro atoms. The Bertz CT molecular complexity index is 1300. The molecule has 2 aliphatic rings. The molecule has 4 N–H and O–H groups in total. The summed E-state index contributed by atoms with van der Waals surface area (Å²) >= 11 is 0. The number of nitrogens with one attached hydrogen (secondary N) is 2. The highest BCUT2D eigenvalue weighted by Gasteiger charge is 2.53. The highest BCUT2D eigenvalue weighted by Crippen LogP contribution is 2.69. The number of ether oxygens (including phenoxy) is 1. The third-order valence-electron chi connectivity index (χ3n) is 6.44. The summed E-state index contributed by atoms with van der Waals surface area (Å²) in [7, 11) is 2.67. The van der Waals surface area contributed by atoms with Crippen molar-refractivity contribution >= 4 is 35.7 Å². The van der Waals surface area contributed by atoms with Crippen molar-refractivity contribution in [3.8, 4) is 17.0 Å². The molecule has 10 nitrogen and oxygen atoms in total. The molecule has 1 amide bonds. The molecule has 3 aromatic rings. The minimum absolute atomic E-state index is 0.0152. The minimum atomic E-state index is -2.48. The van der Waals surface area contributed by atoms with Gasteiger partial charge in [-0.05, 0) is 43.9 Å². The number of para-hydroxylation sites is 1. The highest BCUT2D eigenvalue weighted by atomic mass is 31.2. The van der Waals surface area contributed by atoms with Gasteiger partial charge in [-0.3, -0.25) is 9.48 Å². The van der Waals surface area contributed by atoms with Gasteiger partial charge in [0.15, 0.2) is 17.3 Å². The first kappa shape index (κ1) is 22.4. The molecule has 1 aromatic carbocycles. The first-order valence-electron chi connectivity index (χ1n) is 11.3. The number of methoxy groups -OCH3 is 1. The van der Waals surface area contributed by atoms with Crippen LogP contribution in [-0.2, 0) is 11.6 Å². The summed E-state index contributed by atoms with van der Waals surface area (Å²) in [6.45, 7) is 0. The fraction of sp³-hybridized carbons (Fsp3) is 0.391. The summed E-state index contributed by atoms with van der Waals surface area (Å²) in [5.74, 6) is 0.323. The second kappa shape index (κ2) is 8.43. The molecule has 0 unspecified atom stereocenters. The van der Waals surface area contributed by atoms with Gasteiger partial charge in [-0.2, -0.15) is 5.10 Å². The number of amides is 1. The molecule has 2 saturated carbocycles. The number of benzene rings is 1. The molecule has 2 heterocycles. The van der Waals surface area contributed by atoms with Gasteiger partial charge < -0.3 is 25.7 Å². The summed E-state index contributed by atoms with van der Waals surface area (Å²) in [5, 5.41) is 18.7. The molecule has 0 bridgehead atoms. The van der Waals surface area contributed by atoms with Crippen LogP contribution in [0.1, 0.15) is 36.2 Å². The molecule has 0 atom stereocenters. The van der Waals surface area contributed by atoms with E-state index < -0.39 is 13.0 Å². The monoisotopic (exact) mass is 481 g/mol. The number of nitrogens with zero attached hydrogens (tertiary/aromatic N) is 4. The Morgan fingerprint density at radius 2 is 1.85 bits per heavy atom. The van der Waals surface area contributed by atoms with Crippen LogP contribution >= 0.6 is 7.14 Å². The zero-order valence-electron chi connectivity index (χ0n) is 19.4. The normalized spacial score (nSPS) is 15.7. The summed E-state index contributed by atoms with van der Waals surface area (Å²) in [6, 6.07) is 9.22. The molecule has 2 aliphatic carbocycles. The fourth-order valence-electron chi connectivity index (χ4n) is 4.50. The molecule has 34 heavy (non-hydrogen) atoms. The summed E-state index contributed by atoms with van der Waals surface area (Å²) < 4.78 is 21.6. The van der Waals surface area contributed by atoms with Gasteiger partial charge in [0, 0.05) is 37.0 Å². The SMILES string of the molecule is CNc1cc(Nc2cccc(-c3cc(P(=O)(C4CC4)C4CC4)n(C)n3)c2OC)c(C(N)=O)nn1. The van der Waals surface area contributed by atoms with E-state index in [0.717, 1.165) is 36.7 Å². The second-order valence-electron chi connectivity index (χ2n) is 8.80. The molecule has 178 valence electrons. The fourth-order valence-corrected chi connectivity index (χ4v) is 8.50. The topological polar surface area (TPSA) is 137 Å². The zero-order valence-corrected chi connectivity index (χ0v) is 20.3. The van der Waals surface area contributed by atoms with E-state index in [-0.39, 0.29) is 5.69 Å². The van der Waals surface area contributed by atoms with Crippen LogP contribution in [0.15, 0.2) is 30.3 Å². The lowest BCUT2D eigenvalue weighted by molar-refractivity contribution is 0.0995. The number of nitrogens with two attached hydrogens (primary N) is 1. The molecule has 2 fully saturated rings. The van der Waals surface area contributed by atoms with Crippen LogP contribution in [0.2, 0.25) is 0 Å². The molecule has 5 rings (SSSR count). The van der Waals surface area contributed by atoms with E-state index in [1.165, 1.54) is 0 Å². The average Bonchev–Trinajstić information content (AvgIpc) is 3.75. The highest BCUT2D eigenvalue weighted by molar-refractivity contribution is 7.73. The van der Waals surface area contributed by atoms with Gasteiger partial charge in [-0.15, -0.1) is 10.2 Å². The van der Waals surface area contributed by atoms with Crippen LogP contribution in [0.3, 0.4) is 0 Å². The van der Waals surface area contributed by atoms with Crippen molar-refractivity contribution in [3.63, 3.8) is 0 Å². The largest absolute Gasteiger partial charge is 0.494 e. The van der Waals surface area contributed by atoms with Crippen LogP contribution in [0.5, 0.6) is 5.75 Å². The first-order chi connectivity index (χ1) is 16.4. The third kappa shape index (κ3) is 3.81. The Hall–Kier alpha value is -3.39. The molecular weight excluding hydrogens is 453 g/mol. The smallest absolute Gasteiger partial charge is 0.271 e. The Balaban J connectivity index is 1.55. The number of anilines is 3. The van der Waals surface area contributed by atoms with Gasteiger partial charge in [-0.1, -0.05) is 6.07 Å². The van der Waals surface area contributed by atoms with Crippen LogP contribution in [-0.4, -0.2) is 51.4 Å². The maximum Gasteiger partial charge on any atom is 0.271 e. The lowest BCUT2D eigenvalue weighted by Gasteiger charge is -2.17. The first-order valence-corrected chi connectivity index (χ1v) is 13.1. The number of aromatic nitrogens is 4. The summed E-state index contributed by atoms with van der Waals surface area (Å²) in [5.41, 5.74) is 9.41. The molecule has 0 radical (unpaired) electrons. The number of rotatable bonds is 9. The van der Waals surface area contributed by atoms with Gasteiger partial charge in [0.05, 0.1) is 29.6 Å². The Kier molecular flexibility index (Phi) is 5.56.